The number of amides is 1. The third kappa shape index (κ3) is 6.33. The van der Waals surface area contributed by atoms with Crippen LogP contribution in [0.25, 0.3) is 0 Å². The predicted octanol–water partition coefficient (Wildman–Crippen LogP) is -2.26. The molecule has 0 bridgehead atoms. The molecule has 1 radical (unpaired) electrons. The van der Waals surface area contributed by atoms with Crippen molar-refractivity contribution in [2.75, 3.05) is 6.61 Å². The molecule has 1 aromatic carbocycles. The van der Waals surface area contributed by atoms with Gasteiger partial charge in [-0.1, -0.05) is 0 Å². The van der Waals surface area contributed by atoms with Crippen molar-refractivity contribution >= 4 is 47.1 Å². The molecule has 31 heavy (non-hydrogen) atoms. The molecule has 0 spiro atoms. The Kier molecular flexibility index (Phi) is 9.78. The van der Waals surface area contributed by atoms with Gasteiger partial charge in [0.1, 0.15) is 24.1 Å². The van der Waals surface area contributed by atoms with Crippen molar-refractivity contribution in [2.45, 2.75) is 49.6 Å². The first kappa shape index (κ1) is 27.2. The summed E-state index contributed by atoms with van der Waals surface area (Å²) in [6.07, 6.45) is -7.65. The average Bonchev–Trinajstić information content (AvgIpc) is 2.68. The number of nitrogens with one attached hydrogen (secondary N) is 1. The van der Waals surface area contributed by atoms with Gasteiger partial charge in [-0.15, -0.1) is 0 Å². The van der Waals surface area contributed by atoms with E-state index in [4.69, 9.17) is 14.6 Å². The fourth-order valence-electron chi connectivity index (χ4n) is 3.06. The Morgan fingerprint density at radius 3 is 2.39 bits per heavy atom. The van der Waals surface area contributed by atoms with E-state index in [1.807, 2.05) is 0 Å². The van der Waals surface area contributed by atoms with Crippen molar-refractivity contribution in [3.05, 3.63) is 34.4 Å². The van der Waals surface area contributed by atoms with Gasteiger partial charge in [0, 0.05) is 48.6 Å². The zero-order chi connectivity index (χ0) is 22.6. The van der Waals surface area contributed by atoms with Crippen molar-refractivity contribution in [1.82, 2.24) is 5.32 Å². The summed E-state index contributed by atoms with van der Waals surface area (Å²) in [5, 5.41) is 62.5. The van der Waals surface area contributed by atoms with Gasteiger partial charge in [0.15, 0.2) is 0 Å². The summed E-state index contributed by atoms with van der Waals surface area (Å²) < 4.78 is 10.8. The smallest absolute Gasteiger partial charge is 0.377 e. The molecule has 1 aromatic rings. The second-order valence-corrected chi connectivity index (χ2v) is 6.73. The van der Waals surface area contributed by atoms with Crippen LogP contribution in [0.15, 0.2) is 24.3 Å². The normalized spacial score (nSPS) is 27.3. The van der Waals surface area contributed by atoms with Crippen molar-refractivity contribution < 1.29 is 49.5 Å². The number of rotatable bonds is 8. The van der Waals surface area contributed by atoms with E-state index in [9.17, 15) is 40.1 Å². The third-order valence-electron chi connectivity index (χ3n) is 4.52. The van der Waals surface area contributed by atoms with E-state index >= 15 is 0 Å². The molecule has 6 N–H and O–H groups in total. The first-order valence-corrected chi connectivity index (χ1v) is 8.77. The van der Waals surface area contributed by atoms with Gasteiger partial charge in [-0.05, 0) is 12.1 Å². The number of aliphatic carboxylic acids is 1. The molecule has 1 fully saturated rings. The number of carbonyl (C=O) groups is 2. The molecule has 13 nitrogen and oxygen atoms in total. The molecule has 14 heteroatoms. The average molecular weight is 453 g/mol. The summed E-state index contributed by atoms with van der Waals surface area (Å²) >= 11 is 0. The largest absolute Gasteiger partial charge is 0.476 e. The molecule has 1 saturated heterocycles. The van der Waals surface area contributed by atoms with Crippen LogP contribution in [0.3, 0.4) is 0 Å². The number of hydrogen-bond donors (Lipinski definition) is 6. The molecular formula is C17H22N2NaO11. The summed E-state index contributed by atoms with van der Waals surface area (Å²) in [6, 6.07) is 3.03. The topological polar surface area (TPSA) is 209 Å². The SMILES string of the molecule is CC(=O)N[C@H]1[C@H]([C@H](O)[C@H](O)CO)O[C@@](Oc2ccc([N+](=O)[O-])cc2)(C(=O)O)C[C@@H]1O.[Na]. The second kappa shape index (κ2) is 11.2. The van der Waals surface area contributed by atoms with Crippen LogP contribution in [0.4, 0.5) is 5.69 Å². The van der Waals surface area contributed by atoms with Crippen molar-refractivity contribution in [3.8, 4) is 5.75 Å². The fourth-order valence-corrected chi connectivity index (χ4v) is 3.06. The maximum absolute atomic E-state index is 12.0. The van der Waals surface area contributed by atoms with Crippen LogP contribution in [0.1, 0.15) is 13.3 Å². The zero-order valence-electron chi connectivity index (χ0n) is 16.7. The van der Waals surface area contributed by atoms with Gasteiger partial charge < -0.3 is 40.3 Å². The van der Waals surface area contributed by atoms with Gasteiger partial charge in [0.05, 0.1) is 30.1 Å². The standard InChI is InChI=1S/C17H22N2O11.Na/c1-8(21)18-13-11(22)6-17(16(25)26,30-15(13)14(24)12(23)7-20)29-10-4-2-9(3-5-10)19(27)28;/h2-5,11-15,20,22-24H,6-7H2,1H3,(H,18,21)(H,25,26);/t11-,12+,13+,14+,15+,17+;/m0./s1. The molecule has 0 aliphatic carbocycles. The van der Waals surface area contributed by atoms with Crippen LogP contribution < -0.4 is 10.1 Å². The maximum atomic E-state index is 12.0. The molecule has 1 aliphatic heterocycles. The number of benzene rings is 1. The van der Waals surface area contributed by atoms with E-state index in [0.29, 0.717) is 0 Å². The quantitative estimate of drug-likeness (QED) is 0.141. The van der Waals surface area contributed by atoms with Crippen LogP contribution in [0.5, 0.6) is 5.75 Å². The van der Waals surface area contributed by atoms with Gasteiger partial charge in [-0.25, -0.2) is 4.79 Å². The molecule has 167 valence electrons. The minimum Gasteiger partial charge on any atom is -0.476 e. The third-order valence-corrected chi connectivity index (χ3v) is 4.52. The van der Waals surface area contributed by atoms with E-state index in [1.165, 1.54) is 0 Å². The number of carboxylic acid groups (broad SMARTS) is 1. The number of carbonyl (C=O) groups excluding carboxylic acids is 1. The molecule has 1 heterocycles. The van der Waals surface area contributed by atoms with Crippen molar-refractivity contribution in [3.63, 3.8) is 0 Å². The molecule has 2 rings (SSSR count). The van der Waals surface area contributed by atoms with Crippen molar-refractivity contribution in [2.24, 2.45) is 0 Å². The summed E-state index contributed by atoms with van der Waals surface area (Å²) in [4.78, 5) is 33.5. The van der Waals surface area contributed by atoms with Gasteiger partial charge in [-0.3, -0.25) is 14.9 Å². The van der Waals surface area contributed by atoms with Crippen LogP contribution >= 0.6 is 0 Å². The number of ether oxygens (including phenoxy) is 2. The number of nitro groups is 1. The van der Waals surface area contributed by atoms with E-state index in [0.717, 1.165) is 31.2 Å². The Labute approximate surface area is 198 Å². The first-order chi connectivity index (χ1) is 14.0. The Bertz CT molecular complexity index is 793. The van der Waals surface area contributed by atoms with Gasteiger partial charge >= 0.3 is 11.8 Å². The Balaban J connectivity index is 0.00000480. The zero-order valence-corrected chi connectivity index (χ0v) is 18.7. The molecule has 0 saturated carbocycles. The van der Waals surface area contributed by atoms with Crippen LogP contribution in [-0.2, 0) is 14.3 Å². The predicted molar refractivity (Wildman–Crippen MR) is 102 cm³/mol. The number of non-ortho nitro benzene ring substituents is 1. The Hall–Kier alpha value is -1.84. The van der Waals surface area contributed by atoms with Gasteiger partial charge in [-0.2, -0.15) is 0 Å². The number of aliphatic hydroxyl groups excluding tert-OH is 4. The first-order valence-electron chi connectivity index (χ1n) is 8.77. The molecule has 0 unspecified atom stereocenters. The molecule has 0 aromatic heterocycles. The van der Waals surface area contributed by atoms with Crippen molar-refractivity contribution in [1.29, 1.82) is 0 Å². The number of nitrogens with zero attached hydrogens (tertiary/aromatic N) is 1. The Morgan fingerprint density at radius 2 is 1.94 bits per heavy atom. The van der Waals surface area contributed by atoms with E-state index < -0.39 is 66.1 Å². The second-order valence-electron chi connectivity index (χ2n) is 6.73. The van der Waals surface area contributed by atoms with Crippen LogP contribution in [-0.4, -0.2) is 115 Å². The van der Waals surface area contributed by atoms with E-state index in [2.05, 4.69) is 5.32 Å². The molecule has 1 aliphatic rings. The molecular weight excluding hydrogens is 431 g/mol. The van der Waals surface area contributed by atoms with Gasteiger partial charge in [0.25, 0.3) is 5.69 Å². The number of nitro benzene ring substituents is 1. The van der Waals surface area contributed by atoms with Crippen LogP contribution in [0, 0.1) is 10.1 Å². The minimum atomic E-state index is -2.56. The van der Waals surface area contributed by atoms with E-state index in [1.54, 1.807) is 0 Å². The van der Waals surface area contributed by atoms with E-state index in [-0.39, 0.29) is 41.0 Å². The van der Waals surface area contributed by atoms with Gasteiger partial charge in [0.2, 0.25) is 5.91 Å². The maximum Gasteiger partial charge on any atom is 0.377 e. The fraction of sp³-hybridized carbons (Fsp3) is 0.529. The van der Waals surface area contributed by atoms with Crippen LogP contribution in [0.2, 0.25) is 0 Å². The number of carboxylic acids is 1. The Morgan fingerprint density at radius 1 is 1.35 bits per heavy atom. The molecule has 1 amide bonds. The monoisotopic (exact) mass is 453 g/mol. The molecule has 6 atom stereocenters. The summed E-state index contributed by atoms with van der Waals surface area (Å²) in [5.41, 5.74) is -0.276. The summed E-state index contributed by atoms with van der Waals surface area (Å²) in [5.74, 6) is -5.04. The number of hydrogen-bond acceptors (Lipinski definition) is 10. The minimum absolute atomic E-state index is 0. The number of aliphatic hydroxyl groups is 4. The summed E-state index contributed by atoms with van der Waals surface area (Å²) in [7, 11) is 0. The summed E-state index contributed by atoms with van der Waals surface area (Å²) in [6.45, 7) is 0.207.